The predicted octanol–water partition coefficient (Wildman–Crippen LogP) is 1.95. The molecule has 1 aromatic heterocycles. The van der Waals surface area contributed by atoms with Crippen molar-refractivity contribution in [3.05, 3.63) is 47.4 Å². The number of carbonyl (C=O) groups excluding carboxylic acids is 1. The number of carbonyl (C=O) groups is 1. The summed E-state index contributed by atoms with van der Waals surface area (Å²) in [7, 11) is 1.38. The van der Waals surface area contributed by atoms with Crippen molar-refractivity contribution in [2.24, 2.45) is 5.92 Å². The van der Waals surface area contributed by atoms with Gasteiger partial charge in [0.1, 0.15) is 5.82 Å². The van der Waals surface area contributed by atoms with Gasteiger partial charge in [-0.3, -0.25) is 9.69 Å². The first kappa shape index (κ1) is 18.0. The molecular formula is C20H22FN3O3. The van der Waals surface area contributed by atoms with Crippen LogP contribution in [0.3, 0.4) is 0 Å². The van der Waals surface area contributed by atoms with Crippen LogP contribution in [0.1, 0.15) is 24.1 Å². The van der Waals surface area contributed by atoms with Crippen molar-refractivity contribution >= 4 is 5.97 Å². The first-order chi connectivity index (χ1) is 13.0. The predicted molar refractivity (Wildman–Crippen MR) is 96.1 cm³/mol. The molecule has 27 heavy (non-hydrogen) atoms. The molecule has 7 heteroatoms. The van der Waals surface area contributed by atoms with Crippen LogP contribution in [0.25, 0.3) is 11.3 Å². The lowest BCUT2D eigenvalue weighted by atomic mass is 10.0. The second-order valence-electron chi connectivity index (χ2n) is 7.26. The Morgan fingerprint density at radius 1 is 1.26 bits per heavy atom. The number of hydrogen-bond donors (Lipinski definition) is 1. The van der Waals surface area contributed by atoms with Crippen molar-refractivity contribution in [1.82, 2.24) is 15.1 Å². The summed E-state index contributed by atoms with van der Waals surface area (Å²) in [5, 5.41) is 19.1. The molecule has 0 spiro atoms. The Hall–Kier alpha value is -2.38. The Balaban J connectivity index is 1.53. The largest absolute Gasteiger partial charge is 0.469 e. The van der Waals surface area contributed by atoms with Gasteiger partial charge in [-0.05, 0) is 48.7 Å². The number of halogens is 1. The maximum Gasteiger partial charge on any atom is 0.308 e. The lowest BCUT2D eigenvalue weighted by molar-refractivity contribution is -0.145. The van der Waals surface area contributed by atoms with Crippen molar-refractivity contribution in [1.29, 1.82) is 0 Å². The van der Waals surface area contributed by atoms with E-state index < -0.39 is 6.10 Å². The smallest absolute Gasteiger partial charge is 0.308 e. The van der Waals surface area contributed by atoms with Crippen molar-refractivity contribution in [3.8, 4) is 11.3 Å². The van der Waals surface area contributed by atoms with Gasteiger partial charge in [0, 0.05) is 31.1 Å². The molecule has 1 unspecified atom stereocenters. The van der Waals surface area contributed by atoms with Crippen LogP contribution >= 0.6 is 0 Å². The fraction of sp³-hybridized carbons (Fsp3) is 0.450. The third-order valence-corrected chi connectivity index (χ3v) is 5.61. The molecule has 142 valence electrons. The highest BCUT2D eigenvalue weighted by Crippen LogP contribution is 2.33. The molecule has 0 bridgehead atoms. The average molecular weight is 371 g/mol. The van der Waals surface area contributed by atoms with E-state index >= 15 is 0 Å². The number of benzene rings is 1. The van der Waals surface area contributed by atoms with E-state index in [1.165, 1.54) is 19.2 Å². The van der Waals surface area contributed by atoms with E-state index in [0.29, 0.717) is 25.1 Å². The van der Waals surface area contributed by atoms with Gasteiger partial charge in [-0.1, -0.05) is 0 Å². The second-order valence-corrected chi connectivity index (χ2v) is 7.26. The average Bonchev–Trinajstić information content (AvgIpc) is 3.09. The third kappa shape index (κ3) is 3.57. The highest BCUT2D eigenvalue weighted by atomic mass is 19.1. The fourth-order valence-corrected chi connectivity index (χ4v) is 4.14. The van der Waals surface area contributed by atoms with E-state index in [0.717, 1.165) is 29.8 Å². The Morgan fingerprint density at radius 3 is 2.78 bits per heavy atom. The van der Waals surface area contributed by atoms with E-state index in [4.69, 9.17) is 4.74 Å². The summed E-state index contributed by atoms with van der Waals surface area (Å²) in [5.74, 6) is -0.786. The van der Waals surface area contributed by atoms with Crippen LogP contribution in [-0.4, -0.2) is 52.0 Å². The molecule has 0 amide bonds. The van der Waals surface area contributed by atoms with E-state index in [1.54, 1.807) is 12.1 Å². The van der Waals surface area contributed by atoms with Crippen LogP contribution in [0.4, 0.5) is 4.39 Å². The normalized spacial score (nSPS) is 25.2. The summed E-state index contributed by atoms with van der Waals surface area (Å²) in [6.45, 7) is 1.42. The van der Waals surface area contributed by atoms with Crippen molar-refractivity contribution in [3.63, 3.8) is 0 Å². The van der Waals surface area contributed by atoms with Gasteiger partial charge in [0.05, 0.1) is 30.5 Å². The van der Waals surface area contributed by atoms with Crippen LogP contribution in [0.2, 0.25) is 0 Å². The molecule has 3 atom stereocenters. The lowest BCUT2D eigenvalue weighted by Crippen LogP contribution is -2.43. The van der Waals surface area contributed by atoms with Gasteiger partial charge < -0.3 is 9.84 Å². The van der Waals surface area contributed by atoms with Crippen molar-refractivity contribution in [2.45, 2.75) is 38.0 Å². The topological polar surface area (TPSA) is 75.6 Å². The van der Waals surface area contributed by atoms with Crippen LogP contribution < -0.4 is 0 Å². The number of rotatable bonds is 3. The monoisotopic (exact) mass is 371 g/mol. The molecule has 1 fully saturated rings. The maximum atomic E-state index is 13.2. The SMILES string of the molecule is COC(=O)C1C[C@H](O)[C@@H](N2CCc3nnc(-c4ccc(F)cc4)cc3C2)C1. The summed E-state index contributed by atoms with van der Waals surface area (Å²) in [6, 6.07) is 8.11. The summed E-state index contributed by atoms with van der Waals surface area (Å²) < 4.78 is 18.0. The van der Waals surface area contributed by atoms with Gasteiger partial charge in [0.25, 0.3) is 0 Å². The molecule has 2 aromatic rings. The minimum Gasteiger partial charge on any atom is -0.469 e. The molecule has 1 aromatic carbocycles. The van der Waals surface area contributed by atoms with Crippen LogP contribution in [0.5, 0.6) is 0 Å². The minimum absolute atomic E-state index is 0.0651. The van der Waals surface area contributed by atoms with Gasteiger partial charge >= 0.3 is 5.97 Å². The second kappa shape index (κ2) is 7.32. The van der Waals surface area contributed by atoms with Crippen molar-refractivity contribution in [2.75, 3.05) is 13.7 Å². The van der Waals surface area contributed by atoms with Gasteiger partial charge in [0.15, 0.2) is 0 Å². The molecular weight excluding hydrogens is 349 g/mol. The number of hydrogen-bond acceptors (Lipinski definition) is 6. The van der Waals surface area contributed by atoms with Crippen LogP contribution in [-0.2, 0) is 22.5 Å². The quantitative estimate of drug-likeness (QED) is 0.832. The maximum absolute atomic E-state index is 13.2. The number of esters is 1. The summed E-state index contributed by atoms with van der Waals surface area (Å²) in [6.07, 6.45) is 1.25. The summed E-state index contributed by atoms with van der Waals surface area (Å²) in [5.41, 5.74) is 3.53. The first-order valence-electron chi connectivity index (χ1n) is 9.16. The van der Waals surface area contributed by atoms with Crippen LogP contribution in [0.15, 0.2) is 30.3 Å². The first-order valence-corrected chi connectivity index (χ1v) is 9.16. The zero-order chi connectivity index (χ0) is 19.0. The molecule has 6 nitrogen and oxygen atoms in total. The number of aliphatic hydroxyl groups is 1. The number of fused-ring (bicyclic) bond motifs is 1. The Morgan fingerprint density at radius 2 is 2.04 bits per heavy atom. The molecule has 2 heterocycles. The Bertz CT molecular complexity index is 843. The van der Waals surface area contributed by atoms with Crippen LogP contribution in [0, 0.1) is 11.7 Å². The molecule has 4 rings (SSSR count). The zero-order valence-electron chi connectivity index (χ0n) is 15.1. The van der Waals surface area contributed by atoms with Gasteiger partial charge in [-0.25, -0.2) is 4.39 Å². The van der Waals surface area contributed by atoms with Crippen molar-refractivity contribution < 1.29 is 19.0 Å². The highest BCUT2D eigenvalue weighted by Gasteiger charge is 2.41. The Kier molecular flexibility index (Phi) is 4.88. The van der Waals surface area contributed by atoms with Gasteiger partial charge in [-0.2, -0.15) is 10.2 Å². The number of ether oxygens (including phenoxy) is 1. The third-order valence-electron chi connectivity index (χ3n) is 5.61. The molecule has 0 radical (unpaired) electrons. The minimum atomic E-state index is -0.540. The van der Waals surface area contributed by atoms with E-state index in [9.17, 15) is 14.3 Å². The summed E-state index contributed by atoms with van der Waals surface area (Å²) >= 11 is 0. The molecule has 1 aliphatic carbocycles. The molecule has 1 aliphatic heterocycles. The fourth-order valence-electron chi connectivity index (χ4n) is 4.14. The zero-order valence-corrected chi connectivity index (χ0v) is 15.1. The van der Waals surface area contributed by atoms with E-state index in [2.05, 4.69) is 15.1 Å². The number of aliphatic hydroxyl groups excluding tert-OH is 1. The number of nitrogens with zero attached hydrogens (tertiary/aromatic N) is 3. The lowest BCUT2D eigenvalue weighted by Gasteiger charge is -2.34. The highest BCUT2D eigenvalue weighted by molar-refractivity contribution is 5.72. The standard InChI is InChI=1S/C20H22FN3O3/c1-27-20(26)13-9-18(19(25)10-13)24-7-6-16-14(11-24)8-17(23-22-16)12-2-4-15(21)5-3-12/h2-5,8,13,18-19,25H,6-7,9-11H2,1H3/t13?,18-,19-/m0/s1. The summed E-state index contributed by atoms with van der Waals surface area (Å²) in [4.78, 5) is 14.0. The molecule has 1 saturated carbocycles. The number of aromatic nitrogens is 2. The van der Waals surface area contributed by atoms with E-state index in [-0.39, 0.29) is 23.7 Å². The van der Waals surface area contributed by atoms with E-state index in [1.807, 2.05) is 6.07 Å². The van der Waals surface area contributed by atoms with Gasteiger partial charge in [0.2, 0.25) is 0 Å². The molecule has 1 N–H and O–H groups in total. The molecule has 2 aliphatic rings. The Labute approximate surface area is 157 Å². The van der Waals surface area contributed by atoms with Gasteiger partial charge in [-0.15, -0.1) is 0 Å². The number of methoxy groups -OCH3 is 1. The molecule has 0 saturated heterocycles.